The molecule has 0 heterocycles. The molecule has 5 heteroatoms. The van der Waals surface area contributed by atoms with E-state index in [2.05, 4.69) is 16.7 Å². The largest absolute Gasteiger partial charge is 0.489 e. The monoisotopic (exact) mass is 337 g/mol. The van der Waals surface area contributed by atoms with Crippen LogP contribution < -0.4 is 15.4 Å². The van der Waals surface area contributed by atoms with Gasteiger partial charge in [-0.3, -0.25) is 4.79 Å². The van der Waals surface area contributed by atoms with Crippen molar-refractivity contribution in [2.45, 2.75) is 33.0 Å². The molecular weight excluding hydrogens is 314 g/mol. The van der Waals surface area contributed by atoms with Crippen molar-refractivity contribution in [2.24, 2.45) is 0 Å². The van der Waals surface area contributed by atoms with Gasteiger partial charge < -0.3 is 15.4 Å². The molecule has 2 aromatic carbocycles. The Balaban J connectivity index is 1.84. The van der Waals surface area contributed by atoms with Gasteiger partial charge in [0.15, 0.2) is 0 Å². The molecule has 0 radical (unpaired) electrons. The van der Waals surface area contributed by atoms with E-state index < -0.39 is 0 Å². The summed E-state index contributed by atoms with van der Waals surface area (Å²) in [5, 5.41) is 14.9. The molecule has 2 aromatic rings. The lowest BCUT2D eigenvalue weighted by molar-refractivity contribution is -0.120. The number of nitriles is 1. The van der Waals surface area contributed by atoms with Crippen LogP contribution in [0.5, 0.6) is 5.75 Å². The smallest absolute Gasteiger partial charge is 0.234 e. The van der Waals surface area contributed by atoms with Crippen LogP contribution in [0, 0.1) is 11.3 Å². The third-order valence-corrected chi connectivity index (χ3v) is 3.42. The van der Waals surface area contributed by atoms with E-state index in [4.69, 9.17) is 10.00 Å². The van der Waals surface area contributed by atoms with Gasteiger partial charge in [0.2, 0.25) is 5.91 Å². The predicted molar refractivity (Wildman–Crippen MR) is 96.9 cm³/mol. The topological polar surface area (TPSA) is 74.2 Å². The van der Waals surface area contributed by atoms with Gasteiger partial charge in [0.25, 0.3) is 0 Å². The summed E-state index contributed by atoms with van der Waals surface area (Å²) in [6, 6.07) is 17.4. The van der Waals surface area contributed by atoms with Gasteiger partial charge >= 0.3 is 0 Å². The summed E-state index contributed by atoms with van der Waals surface area (Å²) in [6.07, 6.45) is 0. The Morgan fingerprint density at radius 1 is 1.16 bits per heavy atom. The Hall–Kier alpha value is -2.84. The summed E-state index contributed by atoms with van der Waals surface area (Å²) >= 11 is 0. The van der Waals surface area contributed by atoms with Crippen molar-refractivity contribution in [3.05, 3.63) is 65.2 Å². The molecule has 0 aliphatic carbocycles. The fraction of sp³-hybridized carbons (Fsp3) is 0.300. The van der Waals surface area contributed by atoms with Crippen molar-refractivity contribution in [3.63, 3.8) is 0 Å². The normalized spacial score (nSPS) is 10.3. The molecule has 0 aliphatic heterocycles. The Kier molecular flexibility index (Phi) is 7.00. The standard InChI is InChI=1S/C20H23N3O2/c1-15(2)23-20(24)13-22-12-17-6-4-8-19(10-17)25-14-18-7-3-5-16(9-18)11-21/h3-10,15,22H,12-14H2,1-2H3,(H,23,24). The van der Waals surface area contributed by atoms with Crippen molar-refractivity contribution >= 4 is 5.91 Å². The maximum atomic E-state index is 11.6. The summed E-state index contributed by atoms with van der Waals surface area (Å²) in [5.41, 5.74) is 2.62. The van der Waals surface area contributed by atoms with E-state index >= 15 is 0 Å². The Labute approximate surface area is 148 Å². The number of benzene rings is 2. The van der Waals surface area contributed by atoms with Crippen molar-refractivity contribution in [3.8, 4) is 11.8 Å². The van der Waals surface area contributed by atoms with Crippen molar-refractivity contribution in [1.29, 1.82) is 5.26 Å². The zero-order chi connectivity index (χ0) is 18.1. The van der Waals surface area contributed by atoms with Gasteiger partial charge in [0.1, 0.15) is 12.4 Å². The molecule has 0 saturated carbocycles. The van der Waals surface area contributed by atoms with Crippen LogP contribution in [0.4, 0.5) is 0 Å². The maximum absolute atomic E-state index is 11.6. The summed E-state index contributed by atoms with van der Waals surface area (Å²) in [7, 11) is 0. The summed E-state index contributed by atoms with van der Waals surface area (Å²) in [6.45, 7) is 5.15. The minimum absolute atomic E-state index is 0.0141. The molecule has 0 aromatic heterocycles. The van der Waals surface area contributed by atoms with E-state index in [1.165, 1.54) is 0 Å². The molecule has 25 heavy (non-hydrogen) atoms. The maximum Gasteiger partial charge on any atom is 0.234 e. The number of rotatable bonds is 8. The minimum Gasteiger partial charge on any atom is -0.489 e. The highest BCUT2D eigenvalue weighted by Crippen LogP contribution is 2.15. The van der Waals surface area contributed by atoms with Crippen LogP contribution in [0.2, 0.25) is 0 Å². The van der Waals surface area contributed by atoms with E-state index in [1.807, 2.05) is 56.3 Å². The molecule has 0 unspecified atom stereocenters. The number of nitrogens with one attached hydrogen (secondary N) is 2. The Morgan fingerprint density at radius 2 is 1.92 bits per heavy atom. The first-order valence-corrected chi connectivity index (χ1v) is 8.27. The molecule has 2 rings (SSSR count). The molecule has 2 N–H and O–H groups in total. The quantitative estimate of drug-likeness (QED) is 0.777. The number of carbonyl (C=O) groups is 1. The van der Waals surface area contributed by atoms with Crippen LogP contribution in [0.15, 0.2) is 48.5 Å². The highest BCUT2D eigenvalue weighted by molar-refractivity contribution is 5.78. The minimum atomic E-state index is -0.0141. The molecule has 0 spiro atoms. The molecule has 5 nitrogen and oxygen atoms in total. The zero-order valence-electron chi connectivity index (χ0n) is 14.6. The fourth-order valence-electron chi connectivity index (χ4n) is 2.34. The van der Waals surface area contributed by atoms with Crippen LogP contribution in [-0.4, -0.2) is 18.5 Å². The first kappa shape index (κ1) is 18.5. The average Bonchev–Trinajstić information content (AvgIpc) is 2.60. The van der Waals surface area contributed by atoms with E-state index in [0.717, 1.165) is 16.9 Å². The lowest BCUT2D eigenvalue weighted by atomic mass is 10.1. The summed E-state index contributed by atoms with van der Waals surface area (Å²) < 4.78 is 5.80. The van der Waals surface area contributed by atoms with Crippen molar-refractivity contribution < 1.29 is 9.53 Å². The number of carbonyl (C=O) groups excluding carboxylic acids is 1. The molecule has 1 amide bonds. The predicted octanol–water partition coefficient (Wildman–Crippen LogP) is 2.75. The second-order valence-corrected chi connectivity index (χ2v) is 6.07. The number of hydrogen-bond donors (Lipinski definition) is 2. The van der Waals surface area contributed by atoms with E-state index in [1.54, 1.807) is 6.07 Å². The molecular formula is C20H23N3O2. The van der Waals surface area contributed by atoms with Crippen LogP contribution in [0.3, 0.4) is 0 Å². The van der Waals surface area contributed by atoms with Crippen LogP contribution >= 0.6 is 0 Å². The third-order valence-electron chi connectivity index (χ3n) is 3.42. The van der Waals surface area contributed by atoms with E-state index in [9.17, 15) is 4.79 Å². The average molecular weight is 337 g/mol. The number of hydrogen-bond acceptors (Lipinski definition) is 4. The SMILES string of the molecule is CC(C)NC(=O)CNCc1cccc(OCc2cccc(C#N)c2)c1. The van der Waals surface area contributed by atoms with Gasteiger partial charge in [-0.2, -0.15) is 5.26 Å². The van der Waals surface area contributed by atoms with Gasteiger partial charge in [-0.25, -0.2) is 0 Å². The third kappa shape index (κ3) is 6.66. The van der Waals surface area contributed by atoms with Crippen LogP contribution in [-0.2, 0) is 17.9 Å². The highest BCUT2D eigenvalue weighted by Gasteiger charge is 2.03. The van der Waals surface area contributed by atoms with Gasteiger partial charge in [-0.1, -0.05) is 24.3 Å². The second-order valence-electron chi connectivity index (χ2n) is 6.07. The van der Waals surface area contributed by atoms with Gasteiger partial charge in [-0.15, -0.1) is 0 Å². The van der Waals surface area contributed by atoms with E-state index in [-0.39, 0.29) is 18.5 Å². The number of amides is 1. The second kappa shape index (κ2) is 9.45. The summed E-state index contributed by atoms with van der Waals surface area (Å²) in [5.74, 6) is 0.744. The molecule has 130 valence electrons. The lowest BCUT2D eigenvalue weighted by Gasteiger charge is -2.10. The number of nitrogens with zero attached hydrogens (tertiary/aromatic N) is 1. The van der Waals surface area contributed by atoms with Crippen LogP contribution in [0.25, 0.3) is 0 Å². The van der Waals surface area contributed by atoms with Crippen LogP contribution in [0.1, 0.15) is 30.5 Å². The van der Waals surface area contributed by atoms with Gasteiger partial charge in [-0.05, 0) is 49.2 Å². The number of ether oxygens (including phenoxy) is 1. The first-order valence-electron chi connectivity index (χ1n) is 8.27. The molecule has 0 bridgehead atoms. The highest BCUT2D eigenvalue weighted by atomic mass is 16.5. The lowest BCUT2D eigenvalue weighted by Crippen LogP contribution is -2.37. The fourth-order valence-corrected chi connectivity index (χ4v) is 2.34. The zero-order valence-corrected chi connectivity index (χ0v) is 14.6. The first-order chi connectivity index (χ1) is 12.1. The summed E-state index contributed by atoms with van der Waals surface area (Å²) in [4.78, 5) is 11.6. The molecule has 0 fully saturated rings. The molecule has 0 saturated heterocycles. The van der Waals surface area contributed by atoms with Gasteiger partial charge in [0, 0.05) is 12.6 Å². The molecule has 0 aliphatic rings. The van der Waals surface area contributed by atoms with Crippen molar-refractivity contribution in [1.82, 2.24) is 10.6 Å². The Bertz CT molecular complexity index is 751. The Morgan fingerprint density at radius 3 is 2.68 bits per heavy atom. The van der Waals surface area contributed by atoms with Crippen molar-refractivity contribution in [2.75, 3.05) is 6.54 Å². The molecule has 0 atom stereocenters. The van der Waals surface area contributed by atoms with Gasteiger partial charge in [0.05, 0.1) is 18.2 Å². The van der Waals surface area contributed by atoms with E-state index in [0.29, 0.717) is 18.7 Å².